The quantitative estimate of drug-likeness (QED) is 0.629. The van der Waals surface area contributed by atoms with Crippen LogP contribution >= 0.6 is 0 Å². The molecule has 1 N–H and O–H groups in total. The number of likely N-dealkylation sites (tertiary alicyclic amines) is 1. The van der Waals surface area contributed by atoms with Crippen LogP contribution < -0.4 is 5.32 Å². The summed E-state index contributed by atoms with van der Waals surface area (Å²) in [5.41, 5.74) is 0. The second kappa shape index (κ2) is 2.96. The molecule has 0 aromatic carbocycles. The number of alkyl halides is 1. The van der Waals surface area contributed by atoms with Gasteiger partial charge in [0.05, 0.1) is 6.04 Å². The van der Waals surface area contributed by atoms with Crippen molar-refractivity contribution in [3.8, 4) is 0 Å². The van der Waals surface area contributed by atoms with Gasteiger partial charge < -0.3 is 5.32 Å². The van der Waals surface area contributed by atoms with Crippen LogP contribution in [0.4, 0.5) is 4.39 Å². The molecule has 0 aromatic heterocycles. The van der Waals surface area contributed by atoms with E-state index in [-0.39, 0.29) is 6.04 Å². The molecule has 3 heteroatoms. The third kappa shape index (κ3) is 1.36. The molecule has 0 radical (unpaired) electrons. The number of halogens is 1. The highest BCUT2D eigenvalue weighted by atomic mass is 19.1. The van der Waals surface area contributed by atoms with Crippen molar-refractivity contribution < 1.29 is 4.39 Å². The number of rotatable bonds is 1. The Balaban J connectivity index is 2.01. The average Bonchev–Trinajstić information content (AvgIpc) is 2.26. The van der Waals surface area contributed by atoms with Crippen LogP contribution in [0.25, 0.3) is 0 Å². The molecule has 2 rings (SSSR count). The summed E-state index contributed by atoms with van der Waals surface area (Å²) in [6.07, 6.45) is 0.104. The van der Waals surface area contributed by atoms with Gasteiger partial charge in [0, 0.05) is 25.2 Å². The highest BCUT2D eigenvalue weighted by Gasteiger charge is 2.40. The zero-order chi connectivity index (χ0) is 8.72. The van der Waals surface area contributed by atoms with Gasteiger partial charge in [0.25, 0.3) is 0 Å². The van der Waals surface area contributed by atoms with Crippen LogP contribution in [-0.4, -0.2) is 42.3 Å². The normalized spacial score (nSPS) is 42.5. The largest absolute Gasteiger partial charge is 0.306 e. The van der Waals surface area contributed by atoms with Gasteiger partial charge in [-0.15, -0.1) is 0 Å². The summed E-state index contributed by atoms with van der Waals surface area (Å²) >= 11 is 0. The van der Waals surface area contributed by atoms with Gasteiger partial charge in [0.1, 0.15) is 6.17 Å². The van der Waals surface area contributed by atoms with Crippen LogP contribution in [0.5, 0.6) is 0 Å². The Morgan fingerprint density at radius 2 is 2.17 bits per heavy atom. The van der Waals surface area contributed by atoms with Crippen molar-refractivity contribution in [2.75, 3.05) is 13.1 Å². The summed E-state index contributed by atoms with van der Waals surface area (Å²) < 4.78 is 13.2. The standard InChI is InChI=1S/C9H17FN2/c1-6(2)12-4-7-3-8(10)9(5-12)11-7/h6-9,11H,3-5H2,1-2H3/t7-,8+,9-/m0/s1. The molecule has 0 amide bonds. The smallest absolute Gasteiger partial charge is 0.118 e. The second-order valence-electron chi connectivity index (χ2n) is 4.27. The van der Waals surface area contributed by atoms with Crippen LogP contribution in [-0.2, 0) is 0 Å². The summed E-state index contributed by atoms with van der Waals surface area (Å²) in [5.74, 6) is 0. The van der Waals surface area contributed by atoms with Gasteiger partial charge in [-0.1, -0.05) is 0 Å². The Kier molecular flexibility index (Phi) is 2.09. The molecule has 2 aliphatic rings. The Bertz CT molecular complexity index is 170. The lowest BCUT2D eigenvalue weighted by molar-refractivity contribution is 0.146. The third-order valence-electron chi connectivity index (χ3n) is 3.01. The van der Waals surface area contributed by atoms with Gasteiger partial charge in [0.15, 0.2) is 0 Å². The van der Waals surface area contributed by atoms with Crippen molar-refractivity contribution in [3.05, 3.63) is 0 Å². The molecule has 2 fully saturated rings. The van der Waals surface area contributed by atoms with Gasteiger partial charge in [-0.3, -0.25) is 4.90 Å². The predicted molar refractivity (Wildman–Crippen MR) is 46.9 cm³/mol. The molecule has 2 nitrogen and oxygen atoms in total. The number of nitrogens with one attached hydrogen (secondary N) is 1. The summed E-state index contributed by atoms with van der Waals surface area (Å²) in [5, 5.41) is 3.31. The highest BCUT2D eigenvalue weighted by Crippen LogP contribution is 2.24. The van der Waals surface area contributed by atoms with Crippen molar-refractivity contribution in [2.45, 2.75) is 44.6 Å². The zero-order valence-electron chi connectivity index (χ0n) is 7.76. The van der Waals surface area contributed by atoms with E-state index in [9.17, 15) is 4.39 Å². The van der Waals surface area contributed by atoms with E-state index in [1.54, 1.807) is 0 Å². The van der Waals surface area contributed by atoms with E-state index in [4.69, 9.17) is 0 Å². The van der Waals surface area contributed by atoms with Crippen molar-refractivity contribution in [2.24, 2.45) is 0 Å². The first kappa shape index (κ1) is 8.45. The molecule has 2 saturated heterocycles. The molecule has 2 heterocycles. The maximum Gasteiger partial charge on any atom is 0.118 e. The fraction of sp³-hybridized carbons (Fsp3) is 1.00. The molecular formula is C9H17FN2. The maximum absolute atomic E-state index is 13.2. The first-order valence-electron chi connectivity index (χ1n) is 4.81. The lowest BCUT2D eigenvalue weighted by atomic mass is 10.2. The molecule has 0 aromatic rings. The SMILES string of the molecule is CC(C)N1C[C@@H]2C[C@@H](F)[C@H](C1)N2. The maximum atomic E-state index is 13.2. The van der Waals surface area contributed by atoms with Gasteiger partial charge >= 0.3 is 0 Å². The van der Waals surface area contributed by atoms with E-state index in [0.29, 0.717) is 18.5 Å². The molecule has 2 bridgehead atoms. The lowest BCUT2D eigenvalue weighted by Crippen LogP contribution is -2.54. The number of fused-ring (bicyclic) bond motifs is 2. The van der Waals surface area contributed by atoms with Crippen molar-refractivity contribution >= 4 is 0 Å². The number of nitrogens with zero attached hydrogens (tertiary/aromatic N) is 1. The molecule has 0 unspecified atom stereocenters. The fourth-order valence-corrected chi connectivity index (χ4v) is 2.24. The first-order chi connectivity index (χ1) is 5.66. The fourth-order valence-electron chi connectivity index (χ4n) is 2.24. The van der Waals surface area contributed by atoms with Crippen molar-refractivity contribution in [1.29, 1.82) is 0 Å². The molecule has 70 valence electrons. The molecule has 2 aliphatic heterocycles. The summed E-state index contributed by atoms with van der Waals surface area (Å²) in [6.45, 7) is 6.26. The van der Waals surface area contributed by atoms with E-state index >= 15 is 0 Å². The highest BCUT2D eigenvalue weighted by molar-refractivity contribution is 4.99. The van der Waals surface area contributed by atoms with Crippen molar-refractivity contribution in [3.63, 3.8) is 0 Å². The van der Waals surface area contributed by atoms with E-state index in [1.807, 2.05) is 0 Å². The Morgan fingerprint density at radius 3 is 2.75 bits per heavy atom. The average molecular weight is 172 g/mol. The summed E-state index contributed by atoms with van der Waals surface area (Å²) in [6, 6.07) is 1.06. The summed E-state index contributed by atoms with van der Waals surface area (Å²) in [7, 11) is 0. The summed E-state index contributed by atoms with van der Waals surface area (Å²) in [4.78, 5) is 2.37. The van der Waals surface area contributed by atoms with Gasteiger partial charge in [-0.05, 0) is 20.3 Å². The van der Waals surface area contributed by atoms with E-state index in [2.05, 4.69) is 24.1 Å². The Labute approximate surface area is 73.1 Å². The van der Waals surface area contributed by atoms with Crippen LogP contribution in [0.15, 0.2) is 0 Å². The van der Waals surface area contributed by atoms with Gasteiger partial charge in [-0.2, -0.15) is 0 Å². The zero-order valence-corrected chi connectivity index (χ0v) is 7.76. The molecule has 12 heavy (non-hydrogen) atoms. The molecule has 0 spiro atoms. The van der Waals surface area contributed by atoms with Crippen molar-refractivity contribution in [1.82, 2.24) is 10.2 Å². The topological polar surface area (TPSA) is 15.3 Å². The minimum atomic E-state index is -0.612. The van der Waals surface area contributed by atoms with Gasteiger partial charge in [0.2, 0.25) is 0 Å². The van der Waals surface area contributed by atoms with Crippen LogP contribution in [0.1, 0.15) is 20.3 Å². The van der Waals surface area contributed by atoms with Crippen LogP contribution in [0.3, 0.4) is 0 Å². The van der Waals surface area contributed by atoms with Gasteiger partial charge in [-0.25, -0.2) is 4.39 Å². The van der Waals surface area contributed by atoms with E-state index in [0.717, 1.165) is 13.1 Å². The molecule has 3 atom stereocenters. The van der Waals surface area contributed by atoms with E-state index < -0.39 is 6.17 Å². The molecular weight excluding hydrogens is 155 g/mol. The van der Waals surface area contributed by atoms with Crippen LogP contribution in [0, 0.1) is 0 Å². The minimum absolute atomic E-state index is 0.103. The van der Waals surface area contributed by atoms with Crippen LogP contribution in [0.2, 0.25) is 0 Å². The number of hydrogen-bond acceptors (Lipinski definition) is 2. The minimum Gasteiger partial charge on any atom is -0.306 e. The number of hydrogen-bond donors (Lipinski definition) is 1. The van der Waals surface area contributed by atoms with E-state index in [1.165, 1.54) is 0 Å². The lowest BCUT2D eigenvalue weighted by Gasteiger charge is -2.35. The number of piperazine rings is 1. The first-order valence-corrected chi connectivity index (χ1v) is 4.81. The third-order valence-corrected chi connectivity index (χ3v) is 3.01. The monoisotopic (exact) mass is 172 g/mol. The Hall–Kier alpha value is -0.150. The second-order valence-corrected chi connectivity index (χ2v) is 4.27. The predicted octanol–water partition coefficient (Wildman–Crippen LogP) is 0.779. The molecule has 0 aliphatic carbocycles. The molecule has 0 saturated carbocycles. The Morgan fingerprint density at radius 1 is 1.42 bits per heavy atom.